The van der Waals surface area contributed by atoms with E-state index in [1.165, 1.54) is 12.3 Å². The number of fused-ring (bicyclic) bond motifs is 1. The van der Waals surface area contributed by atoms with Crippen molar-refractivity contribution in [3.63, 3.8) is 0 Å². The molecule has 1 aromatic carbocycles. The van der Waals surface area contributed by atoms with E-state index < -0.39 is 0 Å². The van der Waals surface area contributed by atoms with Crippen molar-refractivity contribution in [1.29, 1.82) is 0 Å². The Morgan fingerprint density at radius 2 is 1.91 bits per heavy atom. The van der Waals surface area contributed by atoms with Crippen LogP contribution in [0.3, 0.4) is 0 Å². The molecule has 22 heavy (non-hydrogen) atoms. The third kappa shape index (κ3) is 3.43. The van der Waals surface area contributed by atoms with Crippen molar-refractivity contribution in [3.8, 4) is 0 Å². The highest BCUT2D eigenvalue weighted by Crippen LogP contribution is 2.27. The predicted molar refractivity (Wildman–Crippen MR) is 95.8 cm³/mol. The van der Waals surface area contributed by atoms with Crippen molar-refractivity contribution < 1.29 is 0 Å². The van der Waals surface area contributed by atoms with Gasteiger partial charge < -0.3 is 0 Å². The van der Waals surface area contributed by atoms with E-state index in [0.29, 0.717) is 0 Å². The van der Waals surface area contributed by atoms with Crippen LogP contribution in [-0.2, 0) is 13.6 Å². The topological polar surface area (TPSA) is 24.3 Å². The summed E-state index contributed by atoms with van der Waals surface area (Å²) in [7, 11) is 1.99. The van der Waals surface area contributed by atoms with Crippen LogP contribution in [-0.4, -0.2) is 64.3 Å². The fourth-order valence-electron chi connectivity index (χ4n) is 3.07. The number of thioether (sulfide) groups is 1. The van der Waals surface area contributed by atoms with Gasteiger partial charge in [0.2, 0.25) is 0 Å². The Kier molecular flexibility index (Phi) is 5.29. The number of halogens is 1. The van der Waals surface area contributed by atoms with Gasteiger partial charge in [-0.1, -0.05) is 17.7 Å². The van der Waals surface area contributed by atoms with E-state index in [1.54, 1.807) is 0 Å². The first-order valence-electron chi connectivity index (χ1n) is 7.73. The lowest BCUT2D eigenvalue weighted by molar-refractivity contribution is 0.132. The summed E-state index contributed by atoms with van der Waals surface area (Å²) in [6, 6.07) is 6.02. The third-order valence-corrected chi connectivity index (χ3v) is 5.26. The van der Waals surface area contributed by atoms with Crippen LogP contribution in [0.2, 0.25) is 5.02 Å². The maximum Gasteiger partial charge on any atom is 0.0858 e. The van der Waals surface area contributed by atoms with E-state index in [2.05, 4.69) is 27.2 Å². The van der Waals surface area contributed by atoms with Crippen molar-refractivity contribution in [1.82, 2.24) is 19.6 Å². The molecule has 0 N–H and O–H groups in total. The number of piperazine rings is 1. The standard InChI is InChI=1S/C16H23ClN4S/c1-19-15-5-3-4-13(17)16(15)14(18-19)12-21-8-6-20(7-9-21)10-11-22-2/h3-5H,6-12H2,1-2H3. The minimum absolute atomic E-state index is 0.805. The molecule has 1 fully saturated rings. The number of hydrogen-bond acceptors (Lipinski definition) is 4. The predicted octanol–water partition coefficient (Wildman–Crippen LogP) is 2.71. The molecular formula is C16H23ClN4S. The molecule has 0 spiro atoms. The summed E-state index contributed by atoms with van der Waals surface area (Å²) in [5.41, 5.74) is 2.21. The minimum Gasteiger partial charge on any atom is -0.300 e. The van der Waals surface area contributed by atoms with Gasteiger partial charge in [-0.3, -0.25) is 14.5 Å². The van der Waals surface area contributed by atoms with E-state index in [4.69, 9.17) is 11.6 Å². The van der Waals surface area contributed by atoms with Gasteiger partial charge in [0.05, 0.1) is 16.2 Å². The van der Waals surface area contributed by atoms with Crippen LogP contribution < -0.4 is 0 Å². The number of aryl methyl sites for hydroxylation is 1. The molecule has 0 unspecified atom stereocenters. The molecule has 0 bridgehead atoms. The fourth-order valence-corrected chi connectivity index (χ4v) is 3.79. The van der Waals surface area contributed by atoms with Crippen LogP contribution in [0.25, 0.3) is 10.9 Å². The van der Waals surface area contributed by atoms with Gasteiger partial charge in [0.1, 0.15) is 0 Å². The van der Waals surface area contributed by atoms with Crippen molar-refractivity contribution in [3.05, 3.63) is 28.9 Å². The van der Waals surface area contributed by atoms with E-state index in [-0.39, 0.29) is 0 Å². The molecule has 1 aromatic heterocycles. The summed E-state index contributed by atoms with van der Waals surface area (Å²) >= 11 is 8.31. The average Bonchev–Trinajstić information content (AvgIpc) is 2.84. The van der Waals surface area contributed by atoms with Crippen molar-refractivity contribution >= 4 is 34.3 Å². The van der Waals surface area contributed by atoms with E-state index in [1.807, 2.05) is 35.6 Å². The van der Waals surface area contributed by atoms with Gasteiger partial charge in [0.25, 0.3) is 0 Å². The SMILES string of the molecule is CSCCN1CCN(Cc2nn(C)c3cccc(Cl)c23)CC1. The molecular weight excluding hydrogens is 316 g/mol. The monoisotopic (exact) mass is 338 g/mol. The van der Waals surface area contributed by atoms with E-state index >= 15 is 0 Å². The zero-order chi connectivity index (χ0) is 15.5. The number of benzene rings is 1. The highest BCUT2D eigenvalue weighted by molar-refractivity contribution is 7.98. The van der Waals surface area contributed by atoms with Crippen molar-refractivity contribution in [2.75, 3.05) is 44.7 Å². The summed E-state index contributed by atoms with van der Waals surface area (Å²) < 4.78 is 1.94. The molecule has 2 aromatic rings. The second kappa shape index (κ2) is 7.21. The summed E-state index contributed by atoms with van der Waals surface area (Å²) in [6.45, 7) is 6.61. The summed E-state index contributed by atoms with van der Waals surface area (Å²) in [5, 5.41) is 6.60. The Balaban J connectivity index is 1.68. The van der Waals surface area contributed by atoms with Gasteiger partial charge in [-0.15, -0.1) is 0 Å². The normalized spacial score (nSPS) is 17.4. The molecule has 0 radical (unpaired) electrons. The van der Waals surface area contributed by atoms with Crippen LogP contribution in [0.15, 0.2) is 18.2 Å². The third-order valence-electron chi connectivity index (χ3n) is 4.35. The van der Waals surface area contributed by atoms with E-state index in [0.717, 1.165) is 54.3 Å². The second-order valence-corrected chi connectivity index (χ2v) is 7.21. The molecule has 1 aliphatic heterocycles. The minimum atomic E-state index is 0.805. The molecule has 4 nitrogen and oxygen atoms in total. The average molecular weight is 339 g/mol. The quantitative estimate of drug-likeness (QED) is 0.836. The van der Waals surface area contributed by atoms with Crippen LogP contribution in [0, 0.1) is 0 Å². The van der Waals surface area contributed by atoms with Crippen LogP contribution in [0.1, 0.15) is 5.69 Å². The molecule has 3 rings (SSSR count). The molecule has 1 aliphatic rings. The first-order chi connectivity index (χ1) is 10.7. The Bertz CT molecular complexity index is 634. The lowest BCUT2D eigenvalue weighted by atomic mass is 10.2. The number of aromatic nitrogens is 2. The lowest BCUT2D eigenvalue weighted by Gasteiger charge is -2.34. The number of rotatable bonds is 5. The zero-order valence-electron chi connectivity index (χ0n) is 13.3. The lowest BCUT2D eigenvalue weighted by Crippen LogP contribution is -2.46. The molecule has 6 heteroatoms. The molecule has 0 atom stereocenters. The Labute approximate surface area is 141 Å². The van der Waals surface area contributed by atoms with Gasteiger partial charge >= 0.3 is 0 Å². The first kappa shape index (κ1) is 16.1. The van der Waals surface area contributed by atoms with Gasteiger partial charge in [0.15, 0.2) is 0 Å². The molecule has 0 saturated carbocycles. The Morgan fingerprint density at radius 1 is 1.18 bits per heavy atom. The van der Waals surface area contributed by atoms with Gasteiger partial charge in [-0.05, 0) is 18.4 Å². The van der Waals surface area contributed by atoms with Gasteiger partial charge in [-0.25, -0.2) is 0 Å². The number of hydrogen-bond donors (Lipinski definition) is 0. The highest BCUT2D eigenvalue weighted by atomic mass is 35.5. The summed E-state index contributed by atoms with van der Waals surface area (Å²) in [6.07, 6.45) is 2.17. The smallest absolute Gasteiger partial charge is 0.0858 e. The largest absolute Gasteiger partial charge is 0.300 e. The van der Waals surface area contributed by atoms with Crippen molar-refractivity contribution in [2.24, 2.45) is 7.05 Å². The maximum atomic E-state index is 6.39. The van der Waals surface area contributed by atoms with E-state index in [9.17, 15) is 0 Å². The Hall–Kier alpha value is -0.750. The highest BCUT2D eigenvalue weighted by Gasteiger charge is 2.19. The van der Waals surface area contributed by atoms with Crippen molar-refractivity contribution in [2.45, 2.75) is 6.54 Å². The van der Waals surface area contributed by atoms with Gasteiger partial charge in [-0.2, -0.15) is 16.9 Å². The molecule has 2 heterocycles. The first-order valence-corrected chi connectivity index (χ1v) is 9.50. The summed E-state index contributed by atoms with van der Waals surface area (Å²) in [4.78, 5) is 5.04. The van der Waals surface area contributed by atoms with Crippen LogP contribution in [0.4, 0.5) is 0 Å². The zero-order valence-corrected chi connectivity index (χ0v) is 14.8. The molecule has 1 saturated heterocycles. The number of nitrogens with zero attached hydrogens (tertiary/aromatic N) is 4. The summed E-state index contributed by atoms with van der Waals surface area (Å²) in [5.74, 6) is 1.22. The van der Waals surface area contributed by atoms with Gasteiger partial charge in [0, 0.05) is 57.5 Å². The Morgan fingerprint density at radius 3 is 2.64 bits per heavy atom. The van der Waals surface area contributed by atoms with Crippen LogP contribution >= 0.6 is 23.4 Å². The fraction of sp³-hybridized carbons (Fsp3) is 0.562. The maximum absolute atomic E-state index is 6.39. The molecule has 0 aliphatic carbocycles. The molecule has 120 valence electrons. The van der Waals surface area contributed by atoms with Crippen LogP contribution in [0.5, 0.6) is 0 Å². The second-order valence-electron chi connectivity index (χ2n) is 5.81. The molecule has 0 amide bonds.